The summed E-state index contributed by atoms with van der Waals surface area (Å²) in [6.45, 7) is 1.54. The Labute approximate surface area is 137 Å². The van der Waals surface area contributed by atoms with Crippen molar-refractivity contribution in [3.63, 3.8) is 0 Å². The van der Waals surface area contributed by atoms with E-state index < -0.39 is 10.8 Å². The molecule has 0 aliphatic carbocycles. The lowest BCUT2D eigenvalue weighted by Crippen LogP contribution is -2.21. The molecular formula is C17H19FN2O2S. The Kier molecular flexibility index (Phi) is 5.46. The fourth-order valence-corrected chi connectivity index (χ4v) is 4.08. The van der Waals surface area contributed by atoms with E-state index in [0.717, 1.165) is 37.3 Å². The fourth-order valence-electron chi connectivity index (χ4n) is 2.61. The number of nitrogens with zero attached hydrogens (tertiary/aromatic N) is 2. The van der Waals surface area contributed by atoms with E-state index in [0.29, 0.717) is 23.2 Å². The summed E-state index contributed by atoms with van der Waals surface area (Å²) < 4.78 is 30.6. The van der Waals surface area contributed by atoms with Crippen LogP contribution in [0.15, 0.2) is 36.5 Å². The third-order valence-corrected chi connectivity index (χ3v) is 5.35. The van der Waals surface area contributed by atoms with Crippen molar-refractivity contribution < 1.29 is 13.3 Å². The van der Waals surface area contributed by atoms with Gasteiger partial charge >= 0.3 is 0 Å². The quantitative estimate of drug-likeness (QED) is 0.843. The number of aromatic nitrogens is 2. The van der Waals surface area contributed by atoms with Crippen LogP contribution in [0.4, 0.5) is 4.39 Å². The molecule has 1 fully saturated rings. The van der Waals surface area contributed by atoms with Gasteiger partial charge in [-0.3, -0.25) is 4.21 Å². The second kappa shape index (κ2) is 7.75. The molecule has 1 aromatic carbocycles. The van der Waals surface area contributed by atoms with Crippen molar-refractivity contribution in [1.82, 2.24) is 9.97 Å². The van der Waals surface area contributed by atoms with Crippen LogP contribution in [0.3, 0.4) is 0 Å². The highest BCUT2D eigenvalue weighted by Gasteiger charge is 2.17. The number of hydrogen-bond donors (Lipinski definition) is 0. The zero-order valence-electron chi connectivity index (χ0n) is 12.8. The van der Waals surface area contributed by atoms with Crippen molar-refractivity contribution in [3.8, 4) is 11.4 Å². The largest absolute Gasteiger partial charge is 0.381 e. The van der Waals surface area contributed by atoms with Gasteiger partial charge in [0.1, 0.15) is 5.82 Å². The lowest BCUT2D eigenvalue weighted by atomic mass is 10.0. The summed E-state index contributed by atoms with van der Waals surface area (Å²) in [5.41, 5.74) is 1.51. The molecule has 0 amide bonds. The molecule has 2 heterocycles. The molecule has 1 atom stereocenters. The van der Waals surface area contributed by atoms with Gasteiger partial charge in [-0.25, -0.2) is 14.4 Å². The molecule has 4 nitrogen and oxygen atoms in total. The van der Waals surface area contributed by atoms with Gasteiger partial charge in [0.15, 0.2) is 5.82 Å². The van der Waals surface area contributed by atoms with Crippen molar-refractivity contribution >= 4 is 10.8 Å². The standard InChI is InChI=1S/C17H19FN2O2S/c18-15-3-1-14(2-4-15)17-19-8-5-16(20-17)12-23(21)11-13-6-9-22-10-7-13/h1-5,8,13H,6-7,9-12H2. The maximum Gasteiger partial charge on any atom is 0.159 e. The van der Waals surface area contributed by atoms with E-state index >= 15 is 0 Å². The average Bonchev–Trinajstić information content (AvgIpc) is 2.56. The number of ether oxygens (including phenoxy) is 1. The topological polar surface area (TPSA) is 52.1 Å². The third kappa shape index (κ3) is 4.65. The highest BCUT2D eigenvalue weighted by molar-refractivity contribution is 7.84. The molecule has 1 saturated heterocycles. The number of hydrogen-bond acceptors (Lipinski definition) is 4. The Bertz CT molecular complexity index is 673. The molecule has 0 N–H and O–H groups in total. The molecule has 0 saturated carbocycles. The highest BCUT2D eigenvalue weighted by Crippen LogP contribution is 2.18. The zero-order valence-corrected chi connectivity index (χ0v) is 13.6. The molecule has 1 aliphatic heterocycles. The van der Waals surface area contributed by atoms with E-state index in [-0.39, 0.29) is 5.82 Å². The molecule has 1 unspecified atom stereocenters. The minimum Gasteiger partial charge on any atom is -0.381 e. The highest BCUT2D eigenvalue weighted by atomic mass is 32.2. The molecule has 0 spiro atoms. The molecule has 0 bridgehead atoms. The number of rotatable bonds is 5. The van der Waals surface area contributed by atoms with Gasteiger partial charge in [-0.15, -0.1) is 0 Å². The molecule has 1 aromatic heterocycles. The summed E-state index contributed by atoms with van der Waals surface area (Å²) in [7, 11) is -0.943. The second-order valence-corrected chi connectivity index (χ2v) is 7.19. The monoisotopic (exact) mass is 334 g/mol. The van der Waals surface area contributed by atoms with Gasteiger partial charge in [-0.1, -0.05) is 0 Å². The molecule has 3 rings (SSSR count). The van der Waals surface area contributed by atoms with Gasteiger partial charge in [0, 0.05) is 41.5 Å². The van der Waals surface area contributed by atoms with Crippen molar-refractivity contribution in [2.24, 2.45) is 5.92 Å². The molecule has 0 radical (unpaired) electrons. The zero-order chi connectivity index (χ0) is 16.1. The van der Waals surface area contributed by atoms with Crippen LogP contribution in [0.1, 0.15) is 18.5 Å². The van der Waals surface area contributed by atoms with Crippen molar-refractivity contribution in [2.45, 2.75) is 18.6 Å². The van der Waals surface area contributed by atoms with E-state index in [2.05, 4.69) is 9.97 Å². The maximum absolute atomic E-state index is 13.0. The smallest absolute Gasteiger partial charge is 0.159 e. The predicted molar refractivity (Wildman–Crippen MR) is 87.7 cm³/mol. The lowest BCUT2D eigenvalue weighted by molar-refractivity contribution is 0.0725. The molecule has 2 aromatic rings. The summed E-state index contributed by atoms with van der Waals surface area (Å²) >= 11 is 0. The summed E-state index contributed by atoms with van der Waals surface area (Å²) in [5, 5.41) is 0. The second-order valence-electron chi connectivity index (χ2n) is 5.69. The summed E-state index contributed by atoms with van der Waals surface area (Å²) in [6.07, 6.45) is 3.62. The SMILES string of the molecule is O=S(Cc1ccnc(-c2ccc(F)cc2)n1)CC1CCOCC1. The van der Waals surface area contributed by atoms with Crippen molar-refractivity contribution in [2.75, 3.05) is 19.0 Å². The van der Waals surface area contributed by atoms with Crippen LogP contribution in [0.5, 0.6) is 0 Å². The normalized spacial score (nSPS) is 17.1. The number of halogens is 1. The Hall–Kier alpha value is -1.66. The average molecular weight is 334 g/mol. The first-order valence-electron chi connectivity index (χ1n) is 7.71. The Morgan fingerprint density at radius 3 is 2.65 bits per heavy atom. The van der Waals surface area contributed by atoms with Crippen LogP contribution >= 0.6 is 0 Å². The third-order valence-electron chi connectivity index (χ3n) is 3.89. The van der Waals surface area contributed by atoms with Gasteiger partial charge in [-0.2, -0.15) is 0 Å². The van der Waals surface area contributed by atoms with Crippen LogP contribution in [-0.2, 0) is 21.3 Å². The van der Waals surface area contributed by atoms with Crippen LogP contribution < -0.4 is 0 Å². The van der Waals surface area contributed by atoms with Crippen LogP contribution in [0.2, 0.25) is 0 Å². The van der Waals surface area contributed by atoms with Crippen molar-refractivity contribution in [1.29, 1.82) is 0 Å². The van der Waals surface area contributed by atoms with Crippen molar-refractivity contribution in [3.05, 3.63) is 48.0 Å². The van der Waals surface area contributed by atoms with Gasteiger partial charge in [0.05, 0.1) is 11.4 Å². The van der Waals surface area contributed by atoms with Crippen LogP contribution in [0.25, 0.3) is 11.4 Å². The fraction of sp³-hybridized carbons (Fsp3) is 0.412. The Balaban J connectivity index is 1.65. The lowest BCUT2D eigenvalue weighted by Gasteiger charge is -2.21. The van der Waals surface area contributed by atoms with E-state index in [1.54, 1.807) is 24.4 Å². The van der Waals surface area contributed by atoms with E-state index in [1.807, 2.05) is 0 Å². The molecule has 23 heavy (non-hydrogen) atoms. The molecule has 122 valence electrons. The van der Waals surface area contributed by atoms with Crippen LogP contribution in [0, 0.1) is 11.7 Å². The van der Waals surface area contributed by atoms with E-state index in [4.69, 9.17) is 4.74 Å². The predicted octanol–water partition coefficient (Wildman–Crippen LogP) is 2.96. The molecule has 1 aliphatic rings. The first-order chi connectivity index (χ1) is 11.2. The van der Waals surface area contributed by atoms with Gasteiger partial charge in [0.2, 0.25) is 0 Å². The molecule has 6 heteroatoms. The van der Waals surface area contributed by atoms with E-state index in [1.165, 1.54) is 12.1 Å². The first kappa shape index (κ1) is 16.2. The Morgan fingerprint density at radius 2 is 1.91 bits per heavy atom. The number of benzene rings is 1. The van der Waals surface area contributed by atoms with E-state index in [9.17, 15) is 8.60 Å². The Morgan fingerprint density at radius 1 is 1.17 bits per heavy atom. The minimum atomic E-state index is -0.943. The van der Waals surface area contributed by atoms with Gasteiger partial charge < -0.3 is 4.74 Å². The van der Waals surface area contributed by atoms with Crippen LogP contribution in [-0.4, -0.2) is 33.1 Å². The summed E-state index contributed by atoms with van der Waals surface area (Å²) in [4.78, 5) is 8.67. The maximum atomic E-state index is 13.0. The summed E-state index contributed by atoms with van der Waals surface area (Å²) in [5.74, 6) is 1.84. The molecular weight excluding hydrogens is 315 g/mol. The first-order valence-corrected chi connectivity index (χ1v) is 9.20. The summed E-state index contributed by atoms with van der Waals surface area (Å²) in [6, 6.07) is 7.85. The van der Waals surface area contributed by atoms with Gasteiger partial charge in [0.25, 0.3) is 0 Å². The minimum absolute atomic E-state index is 0.289. The van der Waals surface area contributed by atoms with Gasteiger partial charge in [-0.05, 0) is 49.1 Å².